The van der Waals surface area contributed by atoms with Gasteiger partial charge in [0.15, 0.2) is 5.84 Å². The van der Waals surface area contributed by atoms with E-state index in [1.165, 1.54) is 31.2 Å². The summed E-state index contributed by atoms with van der Waals surface area (Å²) in [5, 5.41) is 12.0. The number of H-pyrrole nitrogens is 1. The third-order valence-electron chi connectivity index (χ3n) is 6.18. The van der Waals surface area contributed by atoms with Gasteiger partial charge in [0.05, 0.1) is 11.2 Å². The number of aromatic amines is 1. The maximum absolute atomic E-state index is 6.30. The first-order chi connectivity index (χ1) is 15.8. The van der Waals surface area contributed by atoms with Gasteiger partial charge >= 0.3 is 0 Å². The van der Waals surface area contributed by atoms with Gasteiger partial charge in [-0.1, -0.05) is 37.1 Å². The van der Waals surface area contributed by atoms with Crippen LogP contribution in [0.2, 0.25) is 0 Å². The second kappa shape index (κ2) is 9.32. The number of fused-ring (bicyclic) bond motifs is 1. The summed E-state index contributed by atoms with van der Waals surface area (Å²) in [7, 11) is 0. The average molecular weight is 425 g/mol. The minimum Gasteiger partial charge on any atom is -0.382 e. The first-order valence-electron chi connectivity index (χ1n) is 11.3. The molecule has 0 saturated heterocycles. The molecule has 4 aromatic rings. The lowest BCUT2D eigenvalue weighted by Gasteiger charge is -2.11. The Bertz CT molecular complexity index is 1220. The number of pyridine rings is 1. The molecule has 0 unspecified atom stereocenters. The normalized spacial score (nSPS) is 14.9. The standard InChI is InChI=1S/C26H28N6/c27-26(30-22-8-2-1-3-9-22)25-23-13-20(10-11-24(23)31-32-25)21-12-19(16-29-17-21)15-28-14-18-6-4-5-7-18/h1-3,8-13,16-18,28H,4-7,14-15H2,(H2,27,30)(H,31,32). The van der Waals surface area contributed by atoms with E-state index in [2.05, 4.69) is 43.7 Å². The molecule has 2 heterocycles. The fourth-order valence-electron chi connectivity index (χ4n) is 4.46. The number of amidine groups is 1. The Morgan fingerprint density at radius 3 is 2.72 bits per heavy atom. The van der Waals surface area contributed by atoms with Crippen LogP contribution in [-0.4, -0.2) is 27.6 Å². The molecule has 6 nitrogen and oxygen atoms in total. The quantitative estimate of drug-likeness (QED) is 0.289. The van der Waals surface area contributed by atoms with Gasteiger partial charge in [-0.05, 0) is 66.8 Å². The molecule has 0 bridgehead atoms. The van der Waals surface area contributed by atoms with Crippen LogP contribution >= 0.6 is 0 Å². The first kappa shape index (κ1) is 20.4. The van der Waals surface area contributed by atoms with Crippen LogP contribution in [0.25, 0.3) is 22.0 Å². The van der Waals surface area contributed by atoms with Crippen LogP contribution < -0.4 is 11.1 Å². The predicted octanol–water partition coefficient (Wildman–Crippen LogP) is 4.94. The zero-order valence-electron chi connectivity index (χ0n) is 18.1. The molecule has 0 atom stereocenters. The van der Waals surface area contributed by atoms with Crippen LogP contribution in [0.5, 0.6) is 0 Å². The van der Waals surface area contributed by atoms with Crippen LogP contribution in [0.15, 0.2) is 72.0 Å². The van der Waals surface area contributed by atoms with Gasteiger partial charge in [0.25, 0.3) is 0 Å². The molecule has 1 saturated carbocycles. The van der Waals surface area contributed by atoms with E-state index >= 15 is 0 Å². The molecule has 2 aromatic carbocycles. The molecule has 1 fully saturated rings. The highest BCUT2D eigenvalue weighted by Crippen LogP contribution is 2.27. The van der Waals surface area contributed by atoms with Crippen molar-refractivity contribution in [3.05, 3.63) is 78.2 Å². The second-order valence-electron chi connectivity index (χ2n) is 8.53. The van der Waals surface area contributed by atoms with Gasteiger partial charge in [-0.2, -0.15) is 5.10 Å². The molecule has 162 valence electrons. The van der Waals surface area contributed by atoms with Gasteiger partial charge in [-0.15, -0.1) is 0 Å². The molecular weight excluding hydrogens is 396 g/mol. The van der Waals surface area contributed by atoms with E-state index in [4.69, 9.17) is 5.73 Å². The van der Waals surface area contributed by atoms with Crippen LogP contribution in [0.3, 0.4) is 0 Å². The van der Waals surface area contributed by atoms with Crippen LogP contribution in [0.1, 0.15) is 36.9 Å². The van der Waals surface area contributed by atoms with E-state index in [1.54, 1.807) is 0 Å². The summed E-state index contributed by atoms with van der Waals surface area (Å²) in [6, 6.07) is 18.1. The maximum atomic E-state index is 6.30. The number of para-hydroxylation sites is 1. The Balaban J connectivity index is 1.37. The summed E-state index contributed by atoms with van der Waals surface area (Å²) in [4.78, 5) is 9.01. The Morgan fingerprint density at radius 1 is 1.03 bits per heavy atom. The topological polar surface area (TPSA) is 92.0 Å². The van der Waals surface area contributed by atoms with Crippen molar-refractivity contribution in [2.75, 3.05) is 6.54 Å². The van der Waals surface area contributed by atoms with Crippen molar-refractivity contribution in [3.8, 4) is 11.1 Å². The van der Waals surface area contributed by atoms with E-state index in [0.29, 0.717) is 11.5 Å². The van der Waals surface area contributed by atoms with Crippen molar-refractivity contribution >= 4 is 22.4 Å². The molecule has 0 amide bonds. The highest BCUT2D eigenvalue weighted by Gasteiger charge is 2.14. The summed E-state index contributed by atoms with van der Waals surface area (Å²) in [6.07, 6.45) is 9.31. The van der Waals surface area contributed by atoms with Crippen molar-refractivity contribution in [3.63, 3.8) is 0 Å². The molecule has 0 radical (unpaired) electrons. The summed E-state index contributed by atoms with van der Waals surface area (Å²) < 4.78 is 0. The van der Waals surface area contributed by atoms with E-state index in [9.17, 15) is 0 Å². The largest absolute Gasteiger partial charge is 0.382 e. The smallest absolute Gasteiger partial charge is 0.152 e. The lowest BCUT2D eigenvalue weighted by atomic mass is 10.0. The lowest BCUT2D eigenvalue weighted by Crippen LogP contribution is -2.20. The number of rotatable bonds is 7. The zero-order chi connectivity index (χ0) is 21.8. The third-order valence-corrected chi connectivity index (χ3v) is 6.18. The fourth-order valence-corrected chi connectivity index (χ4v) is 4.46. The Labute approximate surface area is 188 Å². The number of hydrogen-bond acceptors (Lipinski definition) is 4. The van der Waals surface area contributed by atoms with E-state index in [1.807, 2.05) is 48.8 Å². The summed E-state index contributed by atoms with van der Waals surface area (Å²) in [6.45, 7) is 1.93. The number of nitrogens with one attached hydrogen (secondary N) is 2. The van der Waals surface area contributed by atoms with Gasteiger partial charge < -0.3 is 11.1 Å². The van der Waals surface area contributed by atoms with Crippen LogP contribution in [0.4, 0.5) is 5.69 Å². The van der Waals surface area contributed by atoms with Gasteiger partial charge in [-0.25, -0.2) is 4.99 Å². The van der Waals surface area contributed by atoms with Crippen molar-refractivity contribution in [1.29, 1.82) is 0 Å². The lowest BCUT2D eigenvalue weighted by molar-refractivity contribution is 0.489. The average Bonchev–Trinajstić information content (AvgIpc) is 3.49. The second-order valence-corrected chi connectivity index (χ2v) is 8.53. The molecule has 0 spiro atoms. The number of nitrogens with zero attached hydrogens (tertiary/aromatic N) is 3. The van der Waals surface area contributed by atoms with E-state index in [-0.39, 0.29) is 0 Å². The molecular formula is C26H28N6. The van der Waals surface area contributed by atoms with Gasteiger partial charge in [0.1, 0.15) is 5.69 Å². The van der Waals surface area contributed by atoms with Gasteiger partial charge in [0, 0.05) is 29.9 Å². The van der Waals surface area contributed by atoms with Crippen molar-refractivity contribution in [2.45, 2.75) is 32.2 Å². The molecule has 1 aliphatic rings. The summed E-state index contributed by atoms with van der Waals surface area (Å²) >= 11 is 0. The van der Waals surface area contributed by atoms with E-state index < -0.39 is 0 Å². The third kappa shape index (κ3) is 4.55. The minimum atomic E-state index is 0.391. The highest BCUT2D eigenvalue weighted by atomic mass is 15.1. The Kier molecular flexibility index (Phi) is 5.94. The van der Waals surface area contributed by atoms with Crippen molar-refractivity contribution < 1.29 is 0 Å². The maximum Gasteiger partial charge on any atom is 0.152 e. The molecule has 5 rings (SSSR count). The highest BCUT2D eigenvalue weighted by molar-refractivity contribution is 6.08. The summed E-state index contributed by atoms with van der Waals surface area (Å²) in [5.74, 6) is 1.22. The van der Waals surface area contributed by atoms with Gasteiger partial charge in [-0.3, -0.25) is 10.1 Å². The minimum absolute atomic E-state index is 0.391. The van der Waals surface area contributed by atoms with Crippen molar-refractivity contribution in [1.82, 2.24) is 20.5 Å². The number of nitrogens with two attached hydrogens (primary N) is 1. The molecule has 2 aromatic heterocycles. The molecule has 4 N–H and O–H groups in total. The van der Waals surface area contributed by atoms with Gasteiger partial charge in [0.2, 0.25) is 0 Å². The number of aliphatic imine (C=N–C) groups is 1. The first-order valence-corrected chi connectivity index (χ1v) is 11.3. The number of aromatic nitrogens is 3. The van der Waals surface area contributed by atoms with E-state index in [0.717, 1.165) is 46.7 Å². The molecule has 0 aliphatic heterocycles. The zero-order valence-corrected chi connectivity index (χ0v) is 18.1. The molecule has 32 heavy (non-hydrogen) atoms. The molecule has 1 aliphatic carbocycles. The van der Waals surface area contributed by atoms with Crippen LogP contribution in [-0.2, 0) is 6.54 Å². The fraction of sp³-hybridized carbons (Fsp3) is 0.269. The van der Waals surface area contributed by atoms with Crippen LogP contribution in [0, 0.1) is 5.92 Å². The Morgan fingerprint density at radius 2 is 1.88 bits per heavy atom. The Hall–Kier alpha value is -3.51. The number of benzene rings is 2. The predicted molar refractivity (Wildman–Crippen MR) is 130 cm³/mol. The number of hydrogen-bond donors (Lipinski definition) is 3. The summed E-state index contributed by atoms with van der Waals surface area (Å²) in [5.41, 5.74) is 12.1. The molecule has 6 heteroatoms. The SMILES string of the molecule is NC(=Nc1ccccc1)c1n[nH]c2ccc(-c3cncc(CNCC4CCCC4)c3)cc12. The monoisotopic (exact) mass is 424 g/mol. The van der Waals surface area contributed by atoms with Crippen molar-refractivity contribution in [2.24, 2.45) is 16.6 Å².